The lowest BCUT2D eigenvalue weighted by Gasteiger charge is -2.26. The topological polar surface area (TPSA) is 17.1 Å². The molecule has 1 unspecified atom stereocenters. The van der Waals surface area contributed by atoms with E-state index in [4.69, 9.17) is 0 Å². The molecular weight excluding hydrogens is 442 g/mol. The van der Waals surface area contributed by atoms with Crippen molar-refractivity contribution in [1.29, 1.82) is 0 Å². The minimum absolute atomic E-state index is 0.0107. The molecule has 1 atom stereocenters. The normalized spacial score (nSPS) is 16.8. The molecule has 0 aliphatic heterocycles. The van der Waals surface area contributed by atoms with Crippen LogP contribution in [0.2, 0.25) is 0 Å². The fraction of sp³-hybridized carbons (Fsp3) is 0.269. The van der Waals surface area contributed by atoms with Gasteiger partial charge in [0, 0.05) is 30.0 Å². The number of ketones is 1. The maximum absolute atomic E-state index is 15.0. The van der Waals surface area contributed by atoms with E-state index in [9.17, 15) is 31.1 Å². The van der Waals surface area contributed by atoms with Gasteiger partial charge in [0.1, 0.15) is 5.82 Å². The number of Topliss-reactive ketones (excluding diaryl/α,β-unsaturated/α-hetero) is 1. The molecule has 0 radical (unpaired) electrons. The largest absolute Gasteiger partial charge is 0.416 e. The molecular formula is C26H22F6O. The third-order valence-corrected chi connectivity index (χ3v) is 5.54. The van der Waals surface area contributed by atoms with Gasteiger partial charge in [0.25, 0.3) is 5.92 Å². The highest BCUT2D eigenvalue weighted by atomic mass is 19.4. The predicted octanol–water partition coefficient (Wildman–Crippen LogP) is 7.83. The Morgan fingerprint density at radius 3 is 2.39 bits per heavy atom. The van der Waals surface area contributed by atoms with Crippen molar-refractivity contribution in [3.05, 3.63) is 100 Å². The highest BCUT2D eigenvalue weighted by molar-refractivity contribution is 6.08. The van der Waals surface area contributed by atoms with Crippen molar-refractivity contribution in [3.8, 4) is 0 Å². The number of carbonyl (C=O) groups is 1. The fourth-order valence-electron chi connectivity index (χ4n) is 3.92. The summed E-state index contributed by atoms with van der Waals surface area (Å²) < 4.78 is 81.9. The minimum Gasteiger partial charge on any atom is -0.289 e. The van der Waals surface area contributed by atoms with Crippen molar-refractivity contribution in [3.63, 3.8) is 0 Å². The first-order valence-electron chi connectivity index (χ1n) is 10.3. The van der Waals surface area contributed by atoms with Crippen LogP contribution in [0.5, 0.6) is 0 Å². The lowest BCUT2D eigenvalue weighted by atomic mass is 9.81. The Bertz CT molecular complexity index is 1150. The summed E-state index contributed by atoms with van der Waals surface area (Å²) in [5.41, 5.74) is -0.778. The van der Waals surface area contributed by atoms with E-state index < -0.39 is 29.3 Å². The Balaban J connectivity index is 1.88. The molecule has 0 bridgehead atoms. The van der Waals surface area contributed by atoms with E-state index in [-0.39, 0.29) is 45.7 Å². The van der Waals surface area contributed by atoms with E-state index >= 15 is 0 Å². The zero-order valence-electron chi connectivity index (χ0n) is 18.1. The van der Waals surface area contributed by atoms with Crippen molar-refractivity contribution >= 4 is 11.4 Å². The van der Waals surface area contributed by atoms with Crippen LogP contribution in [0.25, 0.3) is 5.57 Å². The average Bonchev–Trinajstić information content (AvgIpc) is 2.72. The molecule has 0 N–H and O–H groups in total. The van der Waals surface area contributed by atoms with E-state index in [1.165, 1.54) is 30.3 Å². The fourth-order valence-corrected chi connectivity index (χ4v) is 3.92. The van der Waals surface area contributed by atoms with Gasteiger partial charge in [-0.05, 0) is 41.2 Å². The first-order valence-corrected chi connectivity index (χ1v) is 10.3. The summed E-state index contributed by atoms with van der Waals surface area (Å²) in [5.74, 6) is -4.97. The van der Waals surface area contributed by atoms with Gasteiger partial charge in [-0.1, -0.05) is 56.0 Å². The van der Waals surface area contributed by atoms with Gasteiger partial charge in [-0.15, -0.1) is 0 Å². The van der Waals surface area contributed by atoms with Crippen LogP contribution in [0.1, 0.15) is 47.3 Å². The first-order chi connectivity index (χ1) is 15.3. The SMILES string of the molecule is C=C(Cc1cccc(C(F)(F)F)c1)C(=O)c1ccc(C2=C(C(C)(F)F)C=CCC2C)c(F)c1. The molecule has 2 aromatic carbocycles. The molecule has 0 aromatic heterocycles. The molecule has 1 nitrogen and oxygen atoms in total. The van der Waals surface area contributed by atoms with Gasteiger partial charge in [-0.25, -0.2) is 13.2 Å². The Hall–Kier alpha value is -3.09. The maximum Gasteiger partial charge on any atom is 0.416 e. The number of benzene rings is 2. The molecule has 1 aliphatic carbocycles. The van der Waals surface area contributed by atoms with Crippen molar-refractivity contribution < 1.29 is 31.1 Å². The van der Waals surface area contributed by atoms with Crippen LogP contribution in [0.4, 0.5) is 26.3 Å². The zero-order chi connectivity index (χ0) is 24.6. The maximum atomic E-state index is 15.0. The lowest BCUT2D eigenvalue weighted by Crippen LogP contribution is -2.19. The van der Waals surface area contributed by atoms with E-state index in [0.29, 0.717) is 6.42 Å². The van der Waals surface area contributed by atoms with E-state index in [1.54, 1.807) is 13.0 Å². The molecule has 0 amide bonds. The quantitative estimate of drug-likeness (QED) is 0.242. The van der Waals surface area contributed by atoms with E-state index in [2.05, 4.69) is 6.58 Å². The summed E-state index contributed by atoms with van der Waals surface area (Å²) in [6.45, 7) is 6.12. The molecule has 0 saturated carbocycles. The van der Waals surface area contributed by atoms with Crippen molar-refractivity contribution in [2.75, 3.05) is 0 Å². The van der Waals surface area contributed by atoms with Gasteiger partial charge in [0.15, 0.2) is 5.78 Å². The van der Waals surface area contributed by atoms with Gasteiger partial charge in [0.2, 0.25) is 0 Å². The van der Waals surface area contributed by atoms with Crippen LogP contribution in [0, 0.1) is 11.7 Å². The third kappa shape index (κ3) is 5.46. The number of alkyl halides is 5. The number of hydrogen-bond donors (Lipinski definition) is 0. The molecule has 0 heterocycles. The standard InChI is InChI=1S/C26H22F6O/c1-15-6-4-9-21(25(3,28)29)23(15)20-11-10-18(14-22(20)27)24(33)16(2)12-17-7-5-8-19(13-17)26(30,31)32/h4-5,7-11,13-15H,2,6,12H2,1,3H3. The van der Waals surface area contributed by atoms with Crippen molar-refractivity contribution in [2.45, 2.75) is 38.8 Å². The number of hydrogen-bond acceptors (Lipinski definition) is 1. The van der Waals surface area contributed by atoms with Crippen molar-refractivity contribution in [2.24, 2.45) is 5.92 Å². The summed E-state index contributed by atoms with van der Waals surface area (Å²) in [6.07, 6.45) is -1.28. The number of allylic oxidation sites excluding steroid dienone is 5. The van der Waals surface area contributed by atoms with Crippen LogP contribution in [0.15, 0.2) is 72.3 Å². The van der Waals surface area contributed by atoms with Crippen LogP contribution in [0.3, 0.4) is 0 Å². The molecule has 0 saturated heterocycles. The summed E-state index contributed by atoms with van der Waals surface area (Å²) in [4.78, 5) is 12.7. The zero-order valence-corrected chi connectivity index (χ0v) is 18.1. The smallest absolute Gasteiger partial charge is 0.289 e. The van der Waals surface area contributed by atoms with Gasteiger partial charge in [-0.2, -0.15) is 13.2 Å². The second-order valence-electron chi connectivity index (χ2n) is 8.26. The number of rotatable bonds is 6. The number of carbonyl (C=O) groups excluding carboxylic acids is 1. The molecule has 33 heavy (non-hydrogen) atoms. The third-order valence-electron chi connectivity index (χ3n) is 5.54. The molecule has 0 fully saturated rings. The summed E-state index contributed by atoms with van der Waals surface area (Å²) in [5, 5.41) is 0. The van der Waals surface area contributed by atoms with E-state index in [1.807, 2.05) is 0 Å². The van der Waals surface area contributed by atoms with Gasteiger partial charge in [0.05, 0.1) is 5.56 Å². The van der Waals surface area contributed by atoms with Gasteiger partial charge in [-0.3, -0.25) is 4.79 Å². The van der Waals surface area contributed by atoms with Crippen LogP contribution >= 0.6 is 0 Å². The molecule has 1 aliphatic rings. The molecule has 174 valence electrons. The number of halogens is 6. The summed E-state index contributed by atoms with van der Waals surface area (Å²) in [7, 11) is 0. The Kier molecular flexibility index (Phi) is 6.73. The monoisotopic (exact) mass is 464 g/mol. The summed E-state index contributed by atoms with van der Waals surface area (Å²) in [6, 6.07) is 8.09. The Morgan fingerprint density at radius 1 is 1.09 bits per heavy atom. The van der Waals surface area contributed by atoms with Crippen molar-refractivity contribution in [1.82, 2.24) is 0 Å². The second-order valence-corrected chi connectivity index (χ2v) is 8.26. The van der Waals surface area contributed by atoms with Crippen LogP contribution < -0.4 is 0 Å². The first kappa shape index (κ1) is 24.6. The second kappa shape index (κ2) is 9.04. The Labute approximate surface area is 188 Å². The van der Waals surface area contributed by atoms with Crippen LogP contribution in [-0.2, 0) is 12.6 Å². The van der Waals surface area contributed by atoms with Gasteiger partial charge < -0.3 is 0 Å². The minimum atomic E-state index is -4.52. The van der Waals surface area contributed by atoms with Crippen LogP contribution in [-0.4, -0.2) is 11.7 Å². The molecule has 7 heteroatoms. The molecule has 3 rings (SSSR count). The lowest BCUT2D eigenvalue weighted by molar-refractivity contribution is -0.137. The molecule has 2 aromatic rings. The summed E-state index contributed by atoms with van der Waals surface area (Å²) >= 11 is 0. The molecule has 0 spiro atoms. The average molecular weight is 464 g/mol. The predicted molar refractivity (Wildman–Crippen MR) is 115 cm³/mol. The van der Waals surface area contributed by atoms with Gasteiger partial charge >= 0.3 is 6.18 Å². The highest BCUT2D eigenvalue weighted by Crippen LogP contribution is 2.41. The van der Waals surface area contributed by atoms with E-state index in [0.717, 1.165) is 25.1 Å². The Morgan fingerprint density at radius 2 is 1.79 bits per heavy atom. The highest BCUT2D eigenvalue weighted by Gasteiger charge is 2.34.